The molecule has 0 aliphatic carbocycles. The minimum absolute atomic E-state index is 0.0198. The Labute approximate surface area is 159 Å². The van der Waals surface area contributed by atoms with Crippen LogP contribution in [0.5, 0.6) is 5.75 Å². The van der Waals surface area contributed by atoms with Crippen molar-refractivity contribution in [1.82, 2.24) is 20.3 Å². The second kappa shape index (κ2) is 8.30. The first-order chi connectivity index (χ1) is 13.4. The third-order valence-corrected chi connectivity index (χ3v) is 4.19. The highest BCUT2D eigenvalue weighted by molar-refractivity contribution is 5.83. The van der Waals surface area contributed by atoms with Crippen LogP contribution in [-0.2, 0) is 22.6 Å². The monoisotopic (exact) mass is 382 g/mol. The van der Waals surface area contributed by atoms with Crippen molar-refractivity contribution in [2.24, 2.45) is 0 Å². The lowest BCUT2D eigenvalue weighted by atomic mass is 10.1. The molecule has 9 nitrogen and oxygen atoms in total. The van der Waals surface area contributed by atoms with Gasteiger partial charge < -0.3 is 15.5 Å². The first kappa shape index (κ1) is 19.0. The van der Waals surface area contributed by atoms with Crippen LogP contribution in [0.25, 0.3) is 10.9 Å². The topological polar surface area (TPSA) is 134 Å². The molecule has 3 aromatic rings. The number of carbonyl (C=O) groups excluding carboxylic acids is 1. The molecule has 1 heterocycles. The lowest BCUT2D eigenvalue weighted by molar-refractivity contribution is -0.141. The number of hydrogen-bond acceptors (Lipinski definition) is 6. The molecular formula is C19H18N4O5. The maximum absolute atomic E-state index is 12.4. The van der Waals surface area contributed by atoms with E-state index in [1.54, 1.807) is 36.4 Å². The van der Waals surface area contributed by atoms with E-state index in [4.69, 9.17) is 0 Å². The fourth-order valence-corrected chi connectivity index (χ4v) is 2.71. The molecule has 3 N–H and O–H groups in total. The number of aliphatic carboxylic acids is 1. The van der Waals surface area contributed by atoms with E-state index in [2.05, 4.69) is 15.6 Å². The largest absolute Gasteiger partial charge is 0.508 e. The third-order valence-electron chi connectivity index (χ3n) is 4.19. The number of aromatic nitrogens is 3. The van der Waals surface area contributed by atoms with Crippen molar-refractivity contribution in [1.29, 1.82) is 0 Å². The standard InChI is InChI=1S/C19H18N4O5/c24-13-7-5-12(6-8-13)11-16(19(27)28)20-17(25)9-10-23-18(26)14-3-1-2-4-15(14)21-22-23/h1-8,16,24H,9-11H2,(H,20,25)(H,27,28)/t16-/m0/s1. The van der Waals surface area contributed by atoms with Crippen LogP contribution < -0.4 is 10.9 Å². The number of aryl methyl sites for hydroxylation is 1. The first-order valence-corrected chi connectivity index (χ1v) is 8.56. The Morgan fingerprint density at radius 2 is 1.82 bits per heavy atom. The quantitative estimate of drug-likeness (QED) is 0.547. The molecule has 9 heteroatoms. The summed E-state index contributed by atoms with van der Waals surface area (Å²) in [7, 11) is 0. The molecule has 0 radical (unpaired) electrons. The van der Waals surface area contributed by atoms with Gasteiger partial charge in [-0.1, -0.05) is 29.5 Å². The van der Waals surface area contributed by atoms with Gasteiger partial charge in [0.1, 0.15) is 17.3 Å². The van der Waals surface area contributed by atoms with Crippen LogP contribution in [0.1, 0.15) is 12.0 Å². The predicted octanol–water partition coefficient (Wildman–Crippen LogP) is 0.699. The van der Waals surface area contributed by atoms with E-state index in [1.807, 2.05) is 0 Å². The normalized spacial score (nSPS) is 11.9. The van der Waals surface area contributed by atoms with E-state index in [9.17, 15) is 24.6 Å². The van der Waals surface area contributed by atoms with Crippen LogP contribution in [0, 0.1) is 0 Å². The van der Waals surface area contributed by atoms with Crippen LogP contribution in [0.3, 0.4) is 0 Å². The number of fused-ring (bicyclic) bond motifs is 1. The molecule has 0 spiro atoms. The average molecular weight is 382 g/mol. The molecule has 1 atom stereocenters. The first-order valence-electron chi connectivity index (χ1n) is 8.56. The Morgan fingerprint density at radius 3 is 2.54 bits per heavy atom. The van der Waals surface area contributed by atoms with Gasteiger partial charge in [-0.25, -0.2) is 9.48 Å². The zero-order valence-electron chi connectivity index (χ0n) is 14.8. The summed E-state index contributed by atoms with van der Waals surface area (Å²) >= 11 is 0. The molecule has 3 rings (SSSR count). The van der Waals surface area contributed by atoms with E-state index in [-0.39, 0.29) is 30.7 Å². The number of aromatic hydroxyl groups is 1. The van der Waals surface area contributed by atoms with Crippen LogP contribution >= 0.6 is 0 Å². The molecular weight excluding hydrogens is 364 g/mol. The van der Waals surface area contributed by atoms with E-state index in [0.29, 0.717) is 16.5 Å². The number of hydrogen-bond donors (Lipinski definition) is 3. The summed E-state index contributed by atoms with van der Waals surface area (Å²) < 4.78 is 1.08. The summed E-state index contributed by atoms with van der Waals surface area (Å²) in [5.41, 5.74) is 0.757. The number of phenolic OH excluding ortho intramolecular Hbond substituents is 1. The van der Waals surface area contributed by atoms with E-state index < -0.39 is 17.9 Å². The number of phenols is 1. The lowest BCUT2D eigenvalue weighted by Crippen LogP contribution is -2.42. The van der Waals surface area contributed by atoms with Crippen LogP contribution in [0.4, 0.5) is 0 Å². The van der Waals surface area contributed by atoms with Crippen molar-refractivity contribution < 1.29 is 19.8 Å². The highest BCUT2D eigenvalue weighted by atomic mass is 16.4. The third kappa shape index (κ3) is 4.50. The van der Waals surface area contributed by atoms with Gasteiger partial charge in [0.25, 0.3) is 5.56 Å². The summed E-state index contributed by atoms with van der Waals surface area (Å²) in [6, 6.07) is 11.7. The molecule has 1 aromatic heterocycles. The predicted molar refractivity (Wildman–Crippen MR) is 99.8 cm³/mol. The second-order valence-corrected chi connectivity index (χ2v) is 6.21. The fraction of sp³-hybridized carbons (Fsp3) is 0.211. The van der Waals surface area contributed by atoms with Crippen molar-refractivity contribution >= 4 is 22.8 Å². The van der Waals surface area contributed by atoms with Crippen molar-refractivity contribution in [2.75, 3.05) is 0 Å². The number of carboxylic acid groups (broad SMARTS) is 1. The second-order valence-electron chi connectivity index (χ2n) is 6.21. The van der Waals surface area contributed by atoms with E-state index >= 15 is 0 Å². The molecule has 1 amide bonds. The molecule has 2 aromatic carbocycles. The maximum Gasteiger partial charge on any atom is 0.326 e. The minimum Gasteiger partial charge on any atom is -0.508 e. The molecule has 0 aliphatic rings. The zero-order valence-corrected chi connectivity index (χ0v) is 14.8. The van der Waals surface area contributed by atoms with Crippen molar-refractivity contribution in [2.45, 2.75) is 25.4 Å². The molecule has 144 valence electrons. The summed E-state index contributed by atoms with van der Waals surface area (Å²) in [5.74, 6) is -1.63. The van der Waals surface area contributed by atoms with Gasteiger partial charge >= 0.3 is 5.97 Å². The number of rotatable bonds is 7. The smallest absolute Gasteiger partial charge is 0.326 e. The summed E-state index contributed by atoms with van der Waals surface area (Å²) in [6.07, 6.45) is -0.0522. The summed E-state index contributed by atoms with van der Waals surface area (Å²) in [4.78, 5) is 36.0. The van der Waals surface area contributed by atoms with Gasteiger partial charge in [-0.05, 0) is 29.8 Å². The highest BCUT2D eigenvalue weighted by Crippen LogP contribution is 2.11. The lowest BCUT2D eigenvalue weighted by Gasteiger charge is -2.15. The van der Waals surface area contributed by atoms with Gasteiger partial charge in [-0.2, -0.15) is 0 Å². The van der Waals surface area contributed by atoms with Crippen molar-refractivity contribution in [3.63, 3.8) is 0 Å². The van der Waals surface area contributed by atoms with Gasteiger partial charge in [-0.3, -0.25) is 9.59 Å². The Morgan fingerprint density at radius 1 is 1.11 bits per heavy atom. The molecule has 0 saturated heterocycles. The Hall–Kier alpha value is -3.75. The van der Waals surface area contributed by atoms with Crippen molar-refractivity contribution in [3.8, 4) is 5.75 Å². The summed E-state index contributed by atoms with van der Waals surface area (Å²) in [6.45, 7) is -0.0198. The molecule has 0 unspecified atom stereocenters. The number of nitrogens with one attached hydrogen (secondary N) is 1. The van der Waals surface area contributed by atoms with Crippen LogP contribution in [0.2, 0.25) is 0 Å². The Balaban J connectivity index is 1.63. The zero-order chi connectivity index (χ0) is 20.1. The highest BCUT2D eigenvalue weighted by Gasteiger charge is 2.20. The fourth-order valence-electron chi connectivity index (χ4n) is 2.71. The molecule has 0 bridgehead atoms. The minimum atomic E-state index is -1.18. The number of amides is 1. The van der Waals surface area contributed by atoms with E-state index in [0.717, 1.165) is 4.68 Å². The van der Waals surface area contributed by atoms with E-state index in [1.165, 1.54) is 12.1 Å². The number of carboxylic acids is 1. The van der Waals surface area contributed by atoms with Crippen LogP contribution in [0.15, 0.2) is 53.3 Å². The van der Waals surface area contributed by atoms with Crippen molar-refractivity contribution in [3.05, 3.63) is 64.4 Å². The SMILES string of the molecule is O=C(CCn1nnc2ccccc2c1=O)N[C@@H](Cc1ccc(O)cc1)C(=O)O. The number of nitrogens with zero attached hydrogens (tertiary/aromatic N) is 3. The Bertz CT molecular complexity index is 1060. The molecule has 28 heavy (non-hydrogen) atoms. The molecule has 0 saturated carbocycles. The van der Waals surface area contributed by atoms with Crippen LogP contribution in [-0.4, -0.2) is 43.1 Å². The summed E-state index contributed by atoms with van der Waals surface area (Å²) in [5, 5.41) is 29.2. The van der Waals surface area contributed by atoms with Gasteiger partial charge in [-0.15, -0.1) is 5.10 Å². The molecule has 0 aliphatic heterocycles. The average Bonchev–Trinajstić information content (AvgIpc) is 2.68. The van der Waals surface area contributed by atoms with Gasteiger partial charge in [0, 0.05) is 12.8 Å². The van der Waals surface area contributed by atoms with Gasteiger partial charge in [0.2, 0.25) is 5.91 Å². The maximum atomic E-state index is 12.4. The van der Waals surface area contributed by atoms with Gasteiger partial charge in [0.05, 0.1) is 11.9 Å². The number of carbonyl (C=O) groups is 2. The van der Waals surface area contributed by atoms with Gasteiger partial charge in [0.15, 0.2) is 0 Å². The number of benzene rings is 2. The molecule has 0 fully saturated rings. The Kier molecular flexibility index (Phi) is 5.64.